The zero-order valence-corrected chi connectivity index (χ0v) is 11.1. The number of carbonyl (C=O) groups is 1. The molecule has 0 aromatic heterocycles. The lowest BCUT2D eigenvalue weighted by Gasteiger charge is -2.11. The van der Waals surface area contributed by atoms with Crippen LogP contribution in [0.4, 0.5) is 0 Å². The second-order valence-corrected chi connectivity index (χ2v) is 5.40. The quantitative estimate of drug-likeness (QED) is 0.640. The van der Waals surface area contributed by atoms with Gasteiger partial charge >= 0.3 is 0 Å². The molecule has 0 aromatic rings. The van der Waals surface area contributed by atoms with E-state index in [0.29, 0.717) is 12.6 Å². The van der Waals surface area contributed by atoms with Crippen LogP contribution < -0.4 is 10.6 Å². The highest BCUT2D eigenvalue weighted by Gasteiger charge is 2.14. The van der Waals surface area contributed by atoms with Crippen LogP contribution in [0.1, 0.15) is 38.5 Å². The zero-order chi connectivity index (χ0) is 11.6. The monoisotopic (exact) mass is 244 g/mol. The summed E-state index contributed by atoms with van der Waals surface area (Å²) in [6, 6.07) is 0.585. The van der Waals surface area contributed by atoms with Gasteiger partial charge in [0.1, 0.15) is 0 Å². The molecule has 1 aliphatic carbocycles. The molecule has 0 unspecified atom stereocenters. The van der Waals surface area contributed by atoms with E-state index in [1.165, 1.54) is 37.9 Å². The van der Waals surface area contributed by atoms with E-state index in [1.54, 1.807) is 0 Å². The summed E-state index contributed by atoms with van der Waals surface area (Å²) in [6.45, 7) is 1.32. The normalized spacial score (nSPS) is 16.6. The van der Waals surface area contributed by atoms with Gasteiger partial charge < -0.3 is 10.6 Å². The maximum absolute atomic E-state index is 11.5. The summed E-state index contributed by atoms with van der Waals surface area (Å²) in [5, 5.41) is 6.27. The number of carbonyl (C=O) groups excluding carboxylic acids is 1. The molecule has 0 radical (unpaired) electrons. The Balaban J connectivity index is 1.90. The Bertz CT molecular complexity index is 193. The lowest BCUT2D eigenvalue weighted by Crippen LogP contribution is -2.38. The minimum absolute atomic E-state index is 0.149. The molecule has 16 heavy (non-hydrogen) atoms. The fourth-order valence-electron chi connectivity index (χ4n) is 2.03. The second-order valence-electron chi connectivity index (χ2n) is 4.41. The molecule has 0 saturated heterocycles. The topological polar surface area (TPSA) is 41.1 Å². The molecule has 0 bridgehead atoms. The minimum Gasteiger partial charge on any atom is -0.355 e. The first-order chi connectivity index (χ1) is 7.83. The molecule has 0 atom stereocenters. The van der Waals surface area contributed by atoms with E-state index in [9.17, 15) is 4.79 Å². The van der Waals surface area contributed by atoms with Gasteiger partial charge in [-0.25, -0.2) is 0 Å². The molecule has 4 heteroatoms. The van der Waals surface area contributed by atoms with Crippen LogP contribution in [0.5, 0.6) is 0 Å². The predicted octanol–water partition coefficient (Wildman–Crippen LogP) is 1.78. The number of nitrogens with one attached hydrogen (secondary N) is 2. The van der Waals surface area contributed by atoms with E-state index in [-0.39, 0.29) is 5.91 Å². The molecule has 1 fully saturated rings. The van der Waals surface area contributed by atoms with Crippen molar-refractivity contribution in [3.63, 3.8) is 0 Å². The van der Waals surface area contributed by atoms with Gasteiger partial charge in [0.15, 0.2) is 0 Å². The summed E-state index contributed by atoms with van der Waals surface area (Å²) in [5.41, 5.74) is 0. The van der Waals surface area contributed by atoms with Crippen molar-refractivity contribution in [3.05, 3.63) is 0 Å². The fraction of sp³-hybridized carbons (Fsp3) is 0.917. The first kappa shape index (κ1) is 13.8. The standard InChI is InChI=1S/C12H24N2OS/c1-16-9-5-4-8-13-12(15)10-14-11-6-2-3-7-11/h11,14H,2-10H2,1H3,(H,13,15). The number of amides is 1. The van der Waals surface area contributed by atoms with Crippen LogP contribution in [-0.4, -0.2) is 37.0 Å². The lowest BCUT2D eigenvalue weighted by molar-refractivity contribution is -0.120. The Morgan fingerprint density at radius 3 is 2.75 bits per heavy atom. The van der Waals surface area contributed by atoms with E-state index in [1.807, 2.05) is 11.8 Å². The Morgan fingerprint density at radius 1 is 1.31 bits per heavy atom. The number of hydrogen-bond acceptors (Lipinski definition) is 3. The smallest absolute Gasteiger partial charge is 0.233 e. The third kappa shape index (κ3) is 6.38. The Hall–Kier alpha value is -0.220. The molecule has 0 heterocycles. The van der Waals surface area contributed by atoms with Crippen molar-refractivity contribution in [1.82, 2.24) is 10.6 Å². The number of thioether (sulfide) groups is 1. The Morgan fingerprint density at radius 2 is 2.06 bits per heavy atom. The average molecular weight is 244 g/mol. The van der Waals surface area contributed by atoms with E-state index in [0.717, 1.165) is 13.0 Å². The van der Waals surface area contributed by atoms with Crippen LogP contribution in [0.15, 0.2) is 0 Å². The van der Waals surface area contributed by atoms with Crippen molar-refractivity contribution >= 4 is 17.7 Å². The fourth-order valence-corrected chi connectivity index (χ4v) is 2.52. The Kier molecular flexibility index (Phi) is 7.68. The van der Waals surface area contributed by atoms with Crippen molar-refractivity contribution in [2.75, 3.05) is 25.1 Å². The van der Waals surface area contributed by atoms with Crippen LogP contribution in [-0.2, 0) is 4.79 Å². The second kappa shape index (κ2) is 8.88. The van der Waals surface area contributed by atoms with Crippen molar-refractivity contribution in [3.8, 4) is 0 Å². The van der Waals surface area contributed by atoms with Gasteiger partial charge in [-0.15, -0.1) is 0 Å². The zero-order valence-electron chi connectivity index (χ0n) is 10.3. The lowest BCUT2D eigenvalue weighted by atomic mass is 10.2. The van der Waals surface area contributed by atoms with Gasteiger partial charge in [0.05, 0.1) is 6.54 Å². The molecule has 1 amide bonds. The number of hydrogen-bond donors (Lipinski definition) is 2. The van der Waals surface area contributed by atoms with Crippen molar-refractivity contribution in [2.24, 2.45) is 0 Å². The SMILES string of the molecule is CSCCCCNC(=O)CNC1CCCC1. The van der Waals surface area contributed by atoms with Crippen LogP contribution in [0.3, 0.4) is 0 Å². The maximum Gasteiger partial charge on any atom is 0.233 e. The molecule has 1 saturated carbocycles. The Labute approximate surface area is 103 Å². The van der Waals surface area contributed by atoms with Crippen molar-refractivity contribution in [1.29, 1.82) is 0 Å². The highest BCUT2D eigenvalue weighted by atomic mass is 32.2. The van der Waals surface area contributed by atoms with Crippen LogP contribution in [0.2, 0.25) is 0 Å². The van der Waals surface area contributed by atoms with E-state index < -0.39 is 0 Å². The summed E-state index contributed by atoms with van der Waals surface area (Å²) in [5.74, 6) is 1.34. The van der Waals surface area contributed by atoms with Crippen LogP contribution in [0, 0.1) is 0 Å². The maximum atomic E-state index is 11.5. The molecule has 94 valence electrons. The van der Waals surface area contributed by atoms with Crippen molar-refractivity contribution in [2.45, 2.75) is 44.6 Å². The summed E-state index contributed by atoms with van der Waals surface area (Å²) in [4.78, 5) is 11.5. The summed E-state index contributed by atoms with van der Waals surface area (Å²) < 4.78 is 0. The summed E-state index contributed by atoms with van der Waals surface area (Å²) >= 11 is 1.86. The first-order valence-electron chi connectivity index (χ1n) is 6.32. The van der Waals surface area contributed by atoms with Gasteiger partial charge in [0.25, 0.3) is 0 Å². The molecule has 0 aromatic carbocycles. The highest BCUT2D eigenvalue weighted by molar-refractivity contribution is 7.98. The van der Waals surface area contributed by atoms with Crippen LogP contribution >= 0.6 is 11.8 Å². The molecule has 3 nitrogen and oxygen atoms in total. The number of unbranched alkanes of at least 4 members (excludes halogenated alkanes) is 1. The van der Waals surface area contributed by atoms with Crippen molar-refractivity contribution < 1.29 is 4.79 Å². The molecule has 1 rings (SSSR count). The molecular weight excluding hydrogens is 220 g/mol. The van der Waals surface area contributed by atoms with Crippen LogP contribution in [0.25, 0.3) is 0 Å². The summed E-state index contributed by atoms with van der Waals surface area (Å²) in [7, 11) is 0. The highest BCUT2D eigenvalue weighted by Crippen LogP contribution is 2.17. The van der Waals surface area contributed by atoms with E-state index in [4.69, 9.17) is 0 Å². The molecular formula is C12H24N2OS. The van der Waals surface area contributed by atoms with E-state index in [2.05, 4.69) is 16.9 Å². The summed E-state index contributed by atoms with van der Waals surface area (Å²) in [6.07, 6.45) is 9.50. The van der Waals surface area contributed by atoms with Gasteiger partial charge in [0.2, 0.25) is 5.91 Å². The molecule has 1 aliphatic rings. The number of rotatable bonds is 8. The predicted molar refractivity (Wildman–Crippen MR) is 70.9 cm³/mol. The molecule has 2 N–H and O–H groups in total. The van der Waals surface area contributed by atoms with Gasteiger partial charge in [0, 0.05) is 12.6 Å². The van der Waals surface area contributed by atoms with Gasteiger partial charge in [-0.3, -0.25) is 4.79 Å². The molecule has 0 spiro atoms. The van der Waals surface area contributed by atoms with Gasteiger partial charge in [-0.1, -0.05) is 12.8 Å². The van der Waals surface area contributed by atoms with Gasteiger partial charge in [-0.2, -0.15) is 11.8 Å². The van der Waals surface area contributed by atoms with Gasteiger partial charge in [-0.05, 0) is 37.7 Å². The minimum atomic E-state index is 0.149. The average Bonchev–Trinajstić information content (AvgIpc) is 2.79. The third-order valence-corrected chi connectivity index (χ3v) is 3.70. The first-order valence-corrected chi connectivity index (χ1v) is 7.71. The molecule has 0 aliphatic heterocycles. The third-order valence-electron chi connectivity index (χ3n) is 3.00. The largest absolute Gasteiger partial charge is 0.355 e. The van der Waals surface area contributed by atoms with E-state index >= 15 is 0 Å².